The zero-order valence-electron chi connectivity index (χ0n) is 10.4. The van der Waals surface area contributed by atoms with E-state index in [4.69, 9.17) is 0 Å². The molecule has 0 aromatic heterocycles. The van der Waals surface area contributed by atoms with E-state index >= 15 is 0 Å². The molecule has 0 radical (unpaired) electrons. The Morgan fingerprint density at radius 1 is 1.26 bits per heavy atom. The van der Waals surface area contributed by atoms with Crippen LogP contribution in [-0.2, 0) is 6.18 Å². The van der Waals surface area contributed by atoms with Gasteiger partial charge in [0.2, 0.25) is 0 Å². The molecule has 0 saturated heterocycles. The SMILES string of the molecule is O=C(CSC1CCCC1)c1cccc(C(F)(F)F)c1. The van der Waals surface area contributed by atoms with Crippen molar-refractivity contribution in [2.45, 2.75) is 37.1 Å². The maximum Gasteiger partial charge on any atom is 0.416 e. The summed E-state index contributed by atoms with van der Waals surface area (Å²) in [5, 5.41) is 0.495. The lowest BCUT2D eigenvalue weighted by Crippen LogP contribution is -2.10. The molecule has 0 amide bonds. The van der Waals surface area contributed by atoms with E-state index in [0.29, 0.717) is 5.25 Å². The minimum absolute atomic E-state index is 0.153. The Balaban J connectivity index is 1.98. The molecular weight excluding hydrogens is 273 g/mol. The molecule has 0 unspecified atom stereocenters. The lowest BCUT2D eigenvalue weighted by atomic mass is 10.1. The molecule has 0 heterocycles. The molecule has 0 bridgehead atoms. The van der Waals surface area contributed by atoms with Gasteiger partial charge in [-0.25, -0.2) is 0 Å². The van der Waals surface area contributed by atoms with Crippen molar-refractivity contribution < 1.29 is 18.0 Å². The van der Waals surface area contributed by atoms with Crippen LogP contribution in [0, 0.1) is 0 Å². The second-order valence-corrected chi connectivity index (χ2v) is 6.01. The molecule has 104 valence electrons. The van der Waals surface area contributed by atoms with Gasteiger partial charge >= 0.3 is 6.18 Å². The lowest BCUT2D eigenvalue weighted by Gasteiger charge is -2.10. The van der Waals surface area contributed by atoms with Crippen LogP contribution in [-0.4, -0.2) is 16.8 Å². The second-order valence-electron chi connectivity index (χ2n) is 4.72. The first-order chi connectivity index (χ1) is 8.97. The van der Waals surface area contributed by atoms with Crippen LogP contribution in [0.4, 0.5) is 13.2 Å². The van der Waals surface area contributed by atoms with Gasteiger partial charge in [-0.3, -0.25) is 4.79 Å². The Hall–Kier alpha value is -0.970. The van der Waals surface area contributed by atoms with Crippen molar-refractivity contribution in [2.24, 2.45) is 0 Å². The van der Waals surface area contributed by atoms with Crippen molar-refractivity contribution in [3.05, 3.63) is 35.4 Å². The molecule has 2 rings (SSSR count). The zero-order chi connectivity index (χ0) is 13.9. The minimum atomic E-state index is -4.39. The first kappa shape index (κ1) is 14.4. The van der Waals surface area contributed by atoms with E-state index < -0.39 is 11.7 Å². The molecule has 1 saturated carbocycles. The molecular formula is C14H15F3OS. The van der Waals surface area contributed by atoms with Crippen LogP contribution in [0.2, 0.25) is 0 Å². The normalized spacial score (nSPS) is 16.8. The number of carbonyl (C=O) groups excluding carboxylic acids is 1. The number of alkyl halides is 3. The Bertz CT molecular complexity index is 450. The zero-order valence-corrected chi connectivity index (χ0v) is 11.2. The summed E-state index contributed by atoms with van der Waals surface area (Å²) in [7, 11) is 0. The van der Waals surface area contributed by atoms with Crippen LogP contribution < -0.4 is 0 Å². The Kier molecular flexibility index (Phi) is 4.55. The molecule has 19 heavy (non-hydrogen) atoms. The number of hydrogen-bond acceptors (Lipinski definition) is 2. The van der Waals surface area contributed by atoms with Gasteiger partial charge in [-0.15, -0.1) is 0 Å². The van der Waals surface area contributed by atoms with Gasteiger partial charge < -0.3 is 0 Å². The van der Waals surface area contributed by atoms with Crippen LogP contribution in [0.15, 0.2) is 24.3 Å². The Morgan fingerprint density at radius 2 is 1.95 bits per heavy atom. The quantitative estimate of drug-likeness (QED) is 0.755. The summed E-state index contributed by atoms with van der Waals surface area (Å²) in [4.78, 5) is 11.9. The van der Waals surface area contributed by atoms with Gasteiger partial charge in [-0.2, -0.15) is 24.9 Å². The molecule has 0 atom stereocenters. The van der Waals surface area contributed by atoms with Crippen LogP contribution in [0.25, 0.3) is 0 Å². The number of benzene rings is 1. The van der Waals surface area contributed by atoms with Gasteiger partial charge in [0, 0.05) is 10.8 Å². The standard InChI is InChI=1S/C14H15F3OS/c15-14(16,17)11-5-3-4-10(8-11)13(18)9-19-12-6-1-2-7-12/h3-5,8,12H,1-2,6-7,9H2. The van der Waals surface area contributed by atoms with Crippen molar-refractivity contribution in [1.29, 1.82) is 0 Å². The van der Waals surface area contributed by atoms with Gasteiger partial charge in [-0.05, 0) is 25.0 Å². The largest absolute Gasteiger partial charge is 0.416 e. The fourth-order valence-corrected chi connectivity index (χ4v) is 3.42. The molecule has 1 fully saturated rings. The summed E-state index contributed by atoms with van der Waals surface area (Å²) >= 11 is 1.57. The van der Waals surface area contributed by atoms with E-state index in [9.17, 15) is 18.0 Å². The summed E-state index contributed by atoms with van der Waals surface area (Å²) in [5.74, 6) is 0.0504. The van der Waals surface area contributed by atoms with Crippen molar-refractivity contribution in [3.63, 3.8) is 0 Å². The monoisotopic (exact) mass is 288 g/mol. The molecule has 1 aromatic carbocycles. The first-order valence-electron chi connectivity index (χ1n) is 6.29. The Morgan fingerprint density at radius 3 is 2.58 bits per heavy atom. The highest BCUT2D eigenvalue weighted by molar-refractivity contribution is 8.00. The highest BCUT2D eigenvalue weighted by Crippen LogP contribution is 2.31. The highest BCUT2D eigenvalue weighted by Gasteiger charge is 2.30. The topological polar surface area (TPSA) is 17.1 Å². The second kappa shape index (κ2) is 5.99. The maximum atomic E-state index is 12.5. The molecule has 1 nitrogen and oxygen atoms in total. The van der Waals surface area contributed by atoms with Crippen molar-refractivity contribution >= 4 is 17.5 Å². The van der Waals surface area contributed by atoms with Crippen LogP contribution in [0.3, 0.4) is 0 Å². The third kappa shape index (κ3) is 4.00. The van der Waals surface area contributed by atoms with Crippen LogP contribution in [0.1, 0.15) is 41.6 Å². The number of ketones is 1. The summed E-state index contributed by atoms with van der Waals surface area (Å²) in [6.07, 6.45) is 0.209. The number of halogens is 3. The fourth-order valence-electron chi connectivity index (χ4n) is 2.20. The van der Waals surface area contributed by atoms with Crippen LogP contribution >= 0.6 is 11.8 Å². The molecule has 0 N–H and O–H groups in total. The van der Waals surface area contributed by atoms with Crippen LogP contribution in [0.5, 0.6) is 0 Å². The maximum absolute atomic E-state index is 12.5. The predicted molar refractivity (Wildman–Crippen MR) is 70.5 cm³/mol. The smallest absolute Gasteiger partial charge is 0.293 e. The Labute approximate surface area is 114 Å². The number of thioether (sulfide) groups is 1. The average Bonchev–Trinajstić information content (AvgIpc) is 2.88. The van der Waals surface area contributed by atoms with E-state index in [2.05, 4.69) is 0 Å². The summed E-state index contributed by atoms with van der Waals surface area (Å²) in [5.41, 5.74) is -0.607. The highest BCUT2D eigenvalue weighted by atomic mass is 32.2. The summed E-state index contributed by atoms with van der Waals surface area (Å²) in [6.45, 7) is 0. The molecule has 1 aromatic rings. The van der Waals surface area contributed by atoms with Gasteiger partial charge in [0.15, 0.2) is 5.78 Å². The van der Waals surface area contributed by atoms with Gasteiger partial charge in [-0.1, -0.05) is 25.0 Å². The average molecular weight is 288 g/mol. The van der Waals surface area contributed by atoms with Gasteiger partial charge in [0.05, 0.1) is 11.3 Å². The van der Waals surface area contributed by atoms with Crippen molar-refractivity contribution in [1.82, 2.24) is 0 Å². The molecule has 0 spiro atoms. The molecule has 0 aliphatic heterocycles. The lowest BCUT2D eigenvalue weighted by molar-refractivity contribution is -0.137. The van der Waals surface area contributed by atoms with E-state index in [0.717, 1.165) is 25.0 Å². The summed E-state index contributed by atoms with van der Waals surface area (Å²) in [6, 6.07) is 4.67. The molecule has 1 aliphatic carbocycles. The molecule has 5 heteroatoms. The van der Waals surface area contributed by atoms with Gasteiger partial charge in [0.25, 0.3) is 0 Å². The van der Waals surface area contributed by atoms with Gasteiger partial charge in [0.1, 0.15) is 0 Å². The molecule has 1 aliphatic rings. The third-order valence-corrected chi connectivity index (χ3v) is 4.64. The van der Waals surface area contributed by atoms with E-state index in [-0.39, 0.29) is 17.1 Å². The number of carbonyl (C=O) groups is 1. The predicted octanol–water partition coefficient (Wildman–Crippen LogP) is 4.56. The number of rotatable bonds is 4. The number of hydrogen-bond donors (Lipinski definition) is 0. The van der Waals surface area contributed by atoms with E-state index in [1.54, 1.807) is 11.8 Å². The fraction of sp³-hybridized carbons (Fsp3) is 0.500. The van der Waals surface area contributed by atoms with Crippen molar-refractivity contribution in [2.75, 3.05) is 5.75 Å². The minimum Gasteiger partial charge on any atom is -0.293 e. The first-order valence-corrected chi connectivity index (χ1v) is 7.34. The third-order valence-electron chi connectivity index (χ3n) is 3.26. The van der Waals surface area contributed by atoms with E-state index in [1.165, 1.54) is 25.0 Å². The number of Topliss-reactive ketones (excluding diaryl/α,β-unsaturated/α-hetero) is 1. The van der Waals surface area contributed by atoms with E-state index in [1.807, 2.05) is 0 Å². The van der Waals surface area contributed by atoms with Crippen molar-refractivity contribution in [3.8, 4) is 0 Å². The summed E-state index contributed by atoms with van der Waals surface area (Å²) < 4.78 is 37.6.